The molecule has 0 aliphatic heterocycles. The molecule has 0 aliphatic rings. The first-order valence-corrected chi connectivity index (χ1v) is 8.31. The number of benzene rings is 1. The minimum absolute atomic E-state index is 0.0145. The number of sulfone groups is 1. The van der Waals surface area contributed by atoms with E-state index in [1.54, 1.807) is 0 Å². The van der Waals surface area contributed by atoms with Gasteiger partial charge >= 0.3 is 0 Å². The Labute approximate surface area is 116 Å². The average molecular weight is 304 g/mol. The van der Waals surface area contributed by atoms with Crippen molar-refractivity contribution in [2.45, 2.75) is 4.90 Å². The van der Waals surface area contributed by atoms with Crippen LogP contribution in [0, 0.1) is 0 Å². The standard InChI is InChI=1S/C11H16N2O4S2/c12-11(13-15)9-1-3-10(4-2-9)19(16,17)8-7-18-6-5-14/h1-4,14-15H,5-8H2,(H2,12,13). The molecule has 0 spiro atoms. The summed E-state index contributed by atoms with van der Waals surface area (Å²) in [5.74, 6) is 0.908. The highest BCUT2D eigenvalue weighted by Gasteiger charge is 2.14. The summed E-state index contributed by atoms with van der Waals surface area (Å²) in [4.78, 5) is 0.201. The first kappa shape index (κ1) is 15.8. The van der Waals surface area contributed by atoms with Gasteiger partial charge in [0.15, 0.2) is 15.7 Å². The van der Waals surface area contributed by atoms with Gasteiger partial charge in [-0.1, -0.05) is 5.16 Å². The molecular formula is C11H16N2O4S2. The Hall–Kier alpha value is -1.25. The number of nitrogens with two attached hydrogens (primary N) is 1. The Bertz CT molecular complexity index is 526. The molecule has 106 valence electrons. The molecule has 0 aromatic heterocycles. The third kappa shape index (κ3) is 4.73. The number of amidine groups is 1. The van der Waals surface area contributed by atoms with Gasteiger partial charge in [0.25, 0.3) is 0 Å². The third-order valence-electron chi connectivity index (χ3n) is 2.35. The Morgan fingerprint density at radius 1 is 1.26 bits per heavy atom. The van der Waals surface area contributed by atoms with E-state index in [9.17, 15) is 8.42 Å². The molecule has 4 N–H and O–H groups in total. The summed E-state index contributed by atoms with van der Waals surface area (Å²) in [5.41, 5.74) is 5.85. The zero-order valence-corrected chi connectivity index (χ0v) is 11.8. The molecule has 0 atom stereocenters. The second-order valence-corrected chi connectivity index (χ2v) is 7.00. The van der Waals surface area contributed by atoms with Gasteiger partial charge in [-0.2, -0.15) is 11.8 Å². The SMILES string of the molecule is N/C(=N/O)c1ccc(S(=O)(=O)CCSCCO)cc1. The number of nitrogens with zero attached hydrogens (tertiary/aromatic N) is 1. The van der Waals surface area contributed by atoms with Crippen LogP contribution in [-0.4, -0.2) is 48.4 Å². The minimum Gasteiger partial charge on any atom is -0.409 e. The van der Waals surface area contributed by atoms with E-state index in [0.717, 1.165) is 0 Å². The van der Waals surface area contributed by atoms with Crippen molar-refractivity contribution in [2.24, 2.45) is 10.9 Å². The molecule has 0 saturated carbocycles. The summed E-state index contributed by atoms with van der Waals surface area (Å²) in [6, 6.07) is 5.84. The van der Waals surface area contributed by atoms with Crippen LogP contribution in [0.15, 0.2) is 34.3 Å². The van der Waals surface area contributed by atoms with E-state index in [2.05, 4.69) is 5.16 Å². The summed E-state index contributed by atoms with van der Waals surface area (Å²) < 4.78 is 23.9. The maximum absolute atomic E-state index is 12.0. The molecule has 6 nitrogen and oxygen atoms in total. The van der Waals surface area contributed by atoms with Crippen molar-refractivity contribution in [3.05, 3.63) is 29.8 Å². The second-order valence-electron chi connectivity index (χ2n) is 3.66. The predicted molar refractivity (Wildman–Crippen MR) is 75.4 cm³/mol. The molecular weight excluding hydrogens is 288 g/mol. The molecule has 0 radical (unpaired) electrons. The topological polar surface area (TPSA) is 113 Å². The van der Waals surface area contributed by atoms with Crippen LogP contribution >= 0.6 is 11.8 Å². The molecule has 0 unspecified atom stereocenters. The number of hydrogen-bond donors (Lipinski definition) is 3. The van der Waals surface area contributed by atoms with E-state index in [0.29, 0.717) is 17.1 Å². The molecule has 1 rings (SSSR count). The van der Waals surface area contributed by atoms with E-state index < -0.39 is 9.84 Å². The second kappa shape index (κ2) is 7.37. The van der Waals surface area contributed by atoms with Gasteiger partial charge in [-0.15, -0.1) is 0 Å². The van der Waals surface area contributed by atoms with Gasteiger partial charge in [-0.05, 0) is 24.3 Å². The lowest BCUT2D eigenvalue weighted by Gasteiger charge is -2.05. The molecule has 0 fully saturated rings. The molecule has 1 aromatic carbocycles. The molecule has 0 bridgehead atoms. The summed E-state index contributed by atoms with van der Waals surface area (Å²) >= 11 is 1.39. The Kier molecular flexibility index (Phi) is 6.13. The highest BCUT2D eigenvalue weighted by Crippen LogP contribution is 2.14. The van der Waals surface area contributed by atoms with E-state index in [1.807, 2.05) is 0 Å². The van der Waals surface area contributed by atoms with Crippen LogP contribution in [-0.2, 0) is 9.84 Å². The number of thioether (sulfide) groups is 1. The predicted octanol–water partition coefficient (Wildman–Crippen LogP) is 0.280. The van der Waals surface area contributed by atoms with Gasteiger partial charge < -0.3 is 16.0 Å². The van der Waals surface area contributed by atoms with Gasteiger partial charge in [-0.25, -0.2) is 8.42 Å². The van der Waals surface area contributed by atoms with Crippen molar-refractivity contribution in [2.75, 3.05) is 23.9 Å². The summed E-state index contributed by atoms with van der Waals surface area (Å²) in [6.45, 7) is 0.0409. The van der Waals surface area contributed by atoms with Crippen molar-refractivity contribution in [1.29, 1.82) is 0 Å². The quantitative estimate of drug-likeness (QED) is 0.219. The van der Waals surface area contributed by atoms with E-state index >= 15 is 0 Å². The first-order chi connectivity index (χ1) is 9.01. The van der Waals surface area contributed by atoms with Gasteiger partial charge in [0, 0.05) is 17.1 Å². The molecule has 8 heteroatoms. The fraction of sp³-hybridized carbons (Fsp3) is 0.364. The average Bonchev–Trinajstić information content (AvgIpc) is 2.43. The summed E-state index contributed by atoms with van der Waals surface area (Å²) in [5, 5.41) is 19.9. The van der Waals surface area contributed by atoms with E-state index in [-0.39, 0.29) is 23.1 Å². The number of aliphatic hydroxyl groups is 1. The number of hydrogen-bond acceptors (Lipinski definition) is 6. The third-order valence-corrected chi connectivity index (χ3v) is 5.30. The van der Waals surface area contributed by atoms with Crippen LogP contribution in [0.1, 0.15) is 5.56 Å². The largest absolute Gasteiger partial charge is 0.409 e. The lowest BCUT2D eigenvalue weighted by molar-refractivity contribution is 0.318. The van der Waals surface area contributed by atoms with Crippen LogP contribution in [0.25, 0.3) is 0 Å². The van der Waals surface area contributed by atoms with Crippen LogP contribution in [0.2, 0.25) is 0 Å². The van der Waals surface area contributed by atoms with Crippen molar-refractivity contribution in [3.8, 4) is 0 Å². The van der Waals surface area contributed by atoms with Crippen molar-refractivity contribution in [3.63, 3.8) is 0 Å². The summed E-state index contributed by atoms with van der Waals surface area (Å²) in [7, 11) is -3.34. The zero-order valence-electron chi connectivity index (χ0n) is 10.2. The molecule has 0 saturated heterocycles. The Morgan fingerprint density at radius 2 is 1.89 bits per heavy atom. The first-order valence-electron chi connectivity index (χ1n) is 5.50. The molecule has 0 heterocycles. The smallest absolute Gasteiger partial charge is 0.179 e. The molecule has 19 heavy (non-hydrogen) atoms. The van der Waals surface area contributed by atoms with Crippen LogP contribution < -0.4 is 5.73 Å². The highest BCUT2D eigenvalue weighted by molar-refractivity contribution is 8.00. The Morgan fingerprint density at radius 3 is 2.42 bits per heavy atom. The fourth-order valence-electron chi connectivity index (χ4n) is 1.34. The van der Waals surface area contributed by atoms with E-state index in [1.165, 1.54) is 36.0 Å². The minimum atomic E-state index is -3.34. The van der Waals surface area contributed by atoms with Gasteiger partial charge in [0.05, 0.1) is 17.3 Å². The zero-order chi connectivity index (χ0) is 14.3. The molecule has 0 amide bonds. The van der Waals surface area contributed by atoms with Crippen molar-refractivity contribution in [1.82, 2.24) is 0 Å². The lowest BCUT2D eigenvalue weighted by Crippen LogP contribution is -2.14. The number of aliphatic hydroxyl groups excluding tert-OH is 1. The maximum Gasteiger partial charge on any atom is 0.179 e. The Balaban J connectivity index is 2.74. The number of rotatable bonds is 7. The monoisotopic (exact) mass is 304 g/mol. The maximum atomic E-state index is 12.0. The number of oxime groups is 1. The summed E-state index contributed by atoms with van der Waals surface area (Å²) in [6.07, 6.45) is 0. The molecule has 0 aliphatic carbocycles. The van der Waals surface area contributed by atoms with Gasteiger partial charge in [0.2, 0.25) is 0 Å². The highest BCUT2D eigenvalue weighted by atomic mass is 32.2. The fourth-order valence-corrected chi connectivity index (χ4v) is 3.81. The lowest BCUT2D eigenvalue weighted by atomic mass is 10.2. The van der Waals surface area contributed by atoms with Gasteiger partial charge in [0.1, 0.15) is 0 Å². The van der Waals surface area contributed by atoms with Crippen LogP contribution in [0.5, 0.6) is 0 Å². The normalized spacial score (nSPS) is 12.6. The molecule has 1 aromatic rings. The van der Waals surface area contributed by atoms with Crippen molar-refractivity contribution < 1.29 is 18.7 Å². The van der Waals surface area contributed by atoms with Crippen LogP contribution in [0.4, 0.5) is 0 Å². The van der Waals surface area contributed by atoms with E-state index in [4.69, 9.17) is 16.0 Å². The van der Waals surface area contributed by atoms with Crippen molar-refractivity contribution >= 4 is 27.4 Å². The van der Waals surface area contributed by atoms with Gasteiger partial charge in [-0.3, -0.25) is 0 Å². The van der Waals surface area contributed by atoms with Crippen LogP contribution in [0.3, 0.4) is 0 Å².